The third kappa shape index (κ3) is 7.96. The van der Waals surface area contributed by atoms with E-state index < -0.39 is 12.2 Å². The Labute approximate surface area is 224 Å². The molecule has 12 heteroatoms. The van der Waals surface area contributed by atoms with Crippen LogP contribution < -0.4 is 26.3 Å². The summed E-state index contributed by atoms with van der Waals surface area (Å²) in [4.78, 5) is 26.2. The predicted octanol–water partition coefficient (Wildman–Crippen LogP) is 4.22. The highest BCUT2D eigenvalue weighted by molar-refractivity contribution is 6.35. The second-order valence-corrected chi connectivity index (χ2v) is 9.72. The monoisotopic (exact) mass is 558 g/mol. The van der Waals surface area contributed by atoms with E-state index in [0.29, 0.717) is 56.8 Å². The largest absolute Gasteiger partial charge is 0.496 e. The van der Waals surface area contributed by atoms with Gasteiger partial charge in [0.15, 0.2) is 6.10 Å². The lowest BCUT2D eigenvalue weighted by Crippen LogP contribution is -2.44. The van der Waals surface area contributed by atoms with Crippen LogP contribution >= 0.6 is 34.8 Å². The number of benzene rings is 2. The Balaban J connectivity index is 1.48. The van der Waals surface area contributed by atoms with Gasteiger partial charge < -0.3 is 31.0 Å². The number of halogens is 3. The highest BCUT2D eigenvalue weighted by Gasteiger charge is 2.25. The average molecular weight is 560 g/mol. The molecule has 1 saturated heterocycles. The van der Waals surface area contributed by atoms with Gasteiger partial charge in [-0.05, 0) is 56.1 Å². The Bertz CT molecular complexity index is 1080. The minimum Gasteiger partial charge on any atom is -0.496 e. The Hall–Kier alpha value is -2.59. The molecule has 1 aliphatic heterocycles. The molecule has 1 fully saturated rings. The van der Waals surface area contributed by atoms with Crippen molar-refractivity contribution in [3.63, 3.8) is 0 Å². The summed E-state index contributed by atoms with van der Waals surface area (Å²) in [6.07, 6.45) is 0.259. The van der Waals surface area contributed by atoms with Crippen molar-refractivity contribution in [1.29, 1.82) is 0 Å². The summed E-state index contributed by atoms with van der Waals surface area (Å²) in [5.74, 6) is 0.823. The van der Waals surface area contributed by atoms with Crippen LogP contribution in [0, 0.1) is 5.92 Å². The van der Waals surface area contributed by atoms with Gasteiger partial charge in [-0.15, -0.1) is 0 Å². The lowest BCUT2D eigenvalue weighted by molar-refractivity contribution is 0.0367. The van der Waals surface area contributed by atoms with Crippen molar-refractivity contribution >= 4 is 52.5 Å². The van der Waals surface area contributed by atoms with Crippen LogP contribution in [-0.4, -0.2) is 62.9 Å². The Morgan fingerprint density at radius 2 is 1.83 bits per heavy atom. The number of primary amides is 1. The molecule has 0 aliphatic carbocycles. The summed E-state index contributed by atoms with van der Waals surface area (Å²) in [6, 6.07) is 7.93. The van der Waals surface area contributed by atoms with Crippen molar-refractivity contribution in [1.82, 2.24) is 10.2 Å². The highest BCUT2D eigenvalue weighted by atomic mass is 35.5. The number of nitrogens with one attached hydrogen (secondary N) is 1. The maximum absolute atomic E-state index is 12.7. The van der Waals surface area contributed by atoms with E-state index in [4.69, 9.17) is 60.5 Å². The second kappa shape index (κ2) is 13.1. The van der Waals surface area contributed by atoms with E-state index in [2.05, 4.69) is 10.2 Å². The third-order valence-electron chi connectivity index (χ3n) is 5.89. The van der Waals surface area contributed by atoms with Crippen LogP contribution in [0.1, 0.15) is 23.2 Å². The second-order valence-electron chi connectivity index (χ2n) is 8.47. The minimum absolute atomic E-state index is 0.0895. The first-order chi connectivity index (χ1) is 17.2. The Kier molecular flexibility index (Phi) is 10.2. The van der Waals surface area contributed by atoms with Crippen LogP contribution in [0.4, 0.5) is 10.5 Å². The van der Waals surface area contributed by atoms with Crippen molar-refractivity contribution < 1.29 is 23.8 Å². The van der Waals surface area contributed by atoms with Crippen molar-refractivity contribution in [2.75, 3.05) is 45.6 Å². The number of methoxy groups -OCH3 is 1. The van der Waals surface area contributed by atoms with E-state index in [9.17, 15) is 9.59 Å². The molecule has 5 N–H and O–H groups in total. The van der Waals surface area contributed by atoms with E-state index in [1.807, 2.05) is 0 Å². The molecule has 1 atom stereocenters. The predicted molar refractivity (Wildman–Crippen MR) is 140 cm³/mol. The summed E-state index contributed by atoms with van der Waals surface area (Å²) >= 11 is 18.1. The van der Waals surface area contributed by atoms with Crippen LogP contribution in [0.25, 0.3) is 0 Å². The average Bonchev–Trinajstić information content (AvgIpc) is 2.83. The summed E-state index contributed by atoms with van der Waals surface area (Å²) in [6.45, 7) is 2.58. The zero-order valence-corrected chi connectivity index (χ0v) is 22.0. The fourth-order valence-corrected chi connectivity index (χ4v) is 4.60. The van der Waals surface area contributed by atoms with E-state index >= 15 is 0 Å². The quantitative estimate of drug-likeness (QED) is 0.372. The first kappa shape index (κ1) is 28.0. The fraction of sp³-hybridized carbons (Fsp3) is 0.417. The summed E-state index contributed by atoms with van der Waals surface area (Å²) in [7, 11) is 1.47. The van der Waals surface area contributed by atoms with Gasteiger partial charge in [0.2, 0.25) is 0 Å². The number of anilines is 1. The van der Waals surface area contributed by atoms with Crippen molar-refractivity contribution in [3.05, 3.63) is 51.0 Å². The lowest BCUT2D eigenvalue weighted by Gasteiger charge is -2.34. The first-order valence-electron chi connectivity index (χ1n) is 11.3. The van der Waals surface area contributed by atoms with Gasteiger partial charge in [0.05, 0.1) is 28.4 Å². The van der Waals surface area contributed by atoms with Gasteiger partial charge >= 0.3 is 6.09 Å². The summed E-state index contributed by atoms with van der Waals surface area (Å²) in [5, 5.41) is 4.11. The smallest absolute Gasteiger partial charge is 0.404 e. The number of ether oxygens (including phenoxy) is 3. The maximum Gasteiger partial charge on any atom is 0.404 e. The van der Waals surface area contributed by atoms with Crippen LogP contribution in [0.15, 0.2) is 30.3 Å². The third-order valence-corrected chi connectivity index (χ3v) is 6.74. The van der Waals surface area contributed by atoms with Gasteiger partial charge in [0.25, 0.3) is 5.91 Å². The van der Waals surface area contributed by atoms with Gasteiger partial charge in [0.1, 0.15) is 18.1 Å². The van der Waals surface area contributed by atoms with E-state index in [1.54, 1.807) is 18.2 Å². The number of rotatable bonds is 10. The standard InChI is InChI=1S/C24H29Cl3N4O5/c1-34-22-10-20(28)18(26)9-17(22)23(32)30-11-14-4-6-31(7-5-14)12-16(36-24(29)33)13-35-21-3-2-15(25)8-19(21)27/h2-3,8-10,14,16H,4-7,11-13,28H2,1H3,(H2,29,33)(H,30,32). The summed E-state index contributed by atoms with van der Waals surface area (Å²) in [5.41, 5.74) is 11.7. The van der Waals surface area contributed by atoms with Gasteiger partial charge in [-0.3, -0.25) is 9.69 Å². The molecule has 0 spiro atoms. The SMILES string of the molecule is COc1cc(N)c(Cl)cc1C(=O)NCC1CCN(CC(COc2ccc(Cl)cc2Cl)OC(N)=O)CC1. The molecule has 1 heterocycles. The van der Waals surface area contributed by atoms with Gasteiger partial charge in [0, 0.05) is 24.2 Å². The molecule has 0 bridgehead atoms. The lowest BCUT2D eigenvalue weighted by atomic mass is 9.96. The topological polar surface area (TPSA) is 129 Å². The van der Waals surface area contributed by atoms with E-state index in [-0.39, 0.29) is 12.5 Å². The fourth-order valence-electron chi connectivity index (χ4n) is 3.97. The summed E-state index contributed by atoms with van der Waals surface area (Å²) < 4.78 is 16.2. The number of nitrogens with two attached hydrogens (primary N) is 2. The van der Waals surface area contributed by atoms with Gasteiger partial charge in [-0.2, -0.15) is 0 Å². The number of nitrogen functional groups attached to an aromatic ring is 1. The molecule has 9 nitrogen and oxygen atoms in total. The Morgan fingerprint density at radius 1 is 1.11 bits per heavy atom. The molecule has 196 valence electrons. The number of hydrogen-bond donors (Lipinski definition) is 3. The molecule has 0 radical (unpaired) electrons. The molecule has 2 aromatic rings. The molecule has 0 saturated carbocycles. The van der Waals surface area contributed by atoms with Crippen molar-refractivity contribution in [3.8, 4) is 11.5 Å². The van der Waals surface area contributed by atoms with Crippen LogP contribution in [0.2, 0.25) is 15.1 Å². The molecule has 36 heavy (non-hydrogen) atoms. The highest BCUT2D eigenvalue weighted by Crippen LogP contribution is 2.29. The minimum atomic E-state index is -0.874. The number of hydrogen-bond acceptors (Lipinski definition) is 7. The normalized spacial score (nSPS) is 15.2. The molecular formula is C24H29Cl3N4O5. The molecule has 0 aromatic heterocycles. The van der Waals surface area contributed by atoms with Crippen molar-refractivity contribution in [2.45, 2.75) is 18.9 Å². The maximum atomic E-state index is 12.7. The number of amides is 2. The van der Waals surface area contributed by atoms with Gasteiger partial charge in [-0.1, -0.05) is 34.8 Å². The Morgan fingerprint density at radius 3 is 2.47 bits per heavy atom. The van der Waals surface area contributed by atoms with Crippen molar-refractivity contribution in [2.24, 2.45) is 11.7 Å². The van der Waals surface area contributed by atoms with E-state index in [1.165, 1.54) is 19.2 Å². The molecule has 1 unspecified atom stereocenters. The first-order valence-corrected chi connectivity index (χ1v) is 12.5. The van der Waals surface area contributed by atoms with Crippen LogP contribution in [0.5, 0.6) is 11.5 Å². The zero-order chi connectivity index (χ0) is 26.2. The molecule has 1 aliphatic rings. The van der Waals surface area contributed by atoms with E-state index in [0.717, 1.165) is 25.9 Å². The number of piperidine rings is 1. The van der Waals surface area contributed by atoms with Crippen LogP contribution in [0.3, 0.4) is 0 Å². The molecule has 2 aromatic carbocycles. The molecule has 3 rings (SSSR count). The number of nitrogens with zero attached hydrogens (tertiary/aromatic N) is 1. The molecular weight excluding hydrogens is 531 g/mol. The van der Waals surface area contributed by atoms with Crippen LogP contribution in [-0.2, 0) is 4.74 Å². The number of carbonyl (C=O) groups is 2. The number of likely N-dealkylation sites (tertiary alicyclic amines) is 1. The molecule has 2 amide bonds. The number of carbonyl (C=O) groups excluding carboxylic acids is 2. The zero-order valence-electron chi connectivity index (χ0n) is 19.8. The van der Waals surface area contributed by atoms with Gasteiger partial charge in [-0.25, -0.2) is 4.79 Å².